The van der Waals surface area contributed by atoms with E-state index in [1.165, 1.54) is 45.3 Å². The Balaban J connectivity index is 1.81. The van der Waals surface area contributed by atoms with E-state index in [1.807, 2.05) is 6.92 Å². The van der Waals surface area contributed by atoms with Crippen molar-refractivity contribution in [2.45, 2.75) is 51.6 Å². The SMILES string of the molecule is C#CCN(Cc1nc(-c2ccc(OC)cc2F)oc1C)C1CCCCC1. The van der Waals surface area contributed by atoms with Crippen LogP contribution in [0.3, 0.4) is 0 Å². The minimum Gasteiger partial charge on any atom is -0.497 e. The number of terminal acetylenes is 1. The van der Waals surface area contributed by atoms with Gasteiger partial charge in [-0.2, -0.15) is 0 Å². The second-order valence-corrected chi connectivity index (χ2v) is 6.77. The fourth-order valence-corrected chi connectivity index (χ4v) is 3.56. The normalized spacial score (nSPS) is 15.2. The molecule has 1 saturated carbocycles. The number of aromatic nitrogens is 1. The van der Waals surface area contributed by atoms with Crippen molar-refractivity contribution in [3.8, 4) is 29.5 Å². The summed E-state index contributed by atoms with van der Waals surface area (Å²) in [5.41, 5.74) is 1.15. The van der Waals surface area contributed by atoms with E-state index in [9.17, 15) is 4.39 Å². The highest BCUT2D eigenvalue weighted by molar-refractivity contribution is 5.56. The highest BCUT2D eigenvalue weighted by Gasteiger charge is 2.23. The monoisotopic (exact) mass is 356 g/mol. The minimum atomic E-state index is -0.412. The van der Waals surface area contributed by atoms with E-state index in [0.717, 1.165) is 5.69 Å². The predicted octanol–water partition coefficient (Wildman–Crippen LogP) is 4.57. The molecule has 1 aromatic heterocycles. The highest BCUT2D eigenvalue weighted by Crippen LogP contribution is 2.29. The van der Waals surface area contributed by atoms with Gasteiger partial charge in [-0.05, 0) is 31.9 Å². The number of nitrogens with zero attached hydrogens (tertiary/aromatic N) is 2. The number of oxazole rings is 1. The molecule has 0 amide bonds. The lowest BCUT2D eigenvalue weighted by atomic mass is 9.94. The maximum absolute atomic E-state index is 14.3. The zero-order valence-corrected chi connectivity index (χ0v) is 15.4. The molecule has 0 radical (unpaired) electrons. The molecule has 0 N–H and O–H groups in total. The van der Waals surface area contributed by atoms with Crippen LogP contribution in [0.1, 0.15) is 43.6 Å². The van der Waals surface area contributed by atoms with Crippen LogP contribution in [0.25, 0.3) is 11.5 Å². The second-order valence-electron chi connectivity index (χ2n) is 6.77. The Morgan fingerprint density at radius 1 is 1.35 bits per heavy atom. The first-order chi connectivity index (χ1) is 12.6. The van der Waals surface area contributed by atoms with E-state index in [1.54, 1.807) is 12.1 Å². The van der Waals surface area contributed by atoms with Crippen molar-refractivity contribution in [2.75, 3.05) is 13.7 Å². The van der Waals surface area contributed by atoms with Gasteiger partial charge in [0, 0.05) is 18.7 Å². The van der Waals surface area contributed by atoms with Gasteiger partial charge in [-0.3, -0.25) is 4.90 Å². The Bertz CT molecular complexity index is 788. The van der Waals surface area contributed by atoms with E-state index in [2.05, 4.69) is 15.8 Å². The summed E-state index contributed by atoms with van der Waals surface area (Å²) in [7, 11) is 1.51. The van der Waals surface area contributed by atoms with E-state index in [4.69, 9.17) is 15.6 Å². The Hall–Kier alpha value is -2.32. The molecule has 1 fully saturated rings. The smallest absolute Gasteiger partial charge is 0.229 e. The van der Waals surface area contributed by atoms with Crippen LogP contribution in [-0.2, 0) is 6.54 Å². The van der Waals surface area contributed by atoms with Crippen molar-refractivity contribution >= 4 is 0 Å². The summed E-state index contributed by atoms with van der Waals surface area (Å²) < 4.78 is 25.1. The van der Waals surface area contributed by atoms with Gasteiger partial charge in [0.05, 0.1) is 24.9 Å². The van der Waals surface area contributed by atoms with Crippen LogP contribution < -0.4 is 4.74 Å². The quantitative estimate of drug-likeness (QED) is 0.711. The first-order valence-electron chi connectivity index (χ1n) is 9.10. The number of methoxy groups -OCH3 is 1. The molecule has 0 aliphatic heterocycles. The molecule has 1 aromatic carbocycles. The van der Waals surface area contributed by atoms with E-state index < -0.39 is 5.82 Å². The van der Waals surface area contributed by atoms with Gasteiger partial charge < -0.3 is 9.15 Å². The van der Waals surface area contributed by atoms with E-state index in [0.29, 0.717) is 42.1 Å². The van der Waals surface area contributed by atoms with Crippen LogP contribution in [-0.4, -0.2) is 29.6 Å². The molecular formula is C21H25FN2O2. The molecule has 4 nitrogen and oxygen atoms in total. The average Bonchev–Trinajstić information content (AvgIpc) is 3.02. The minimum absolute atomic E-state index is 0.293. The first kappa shape index (κ1) is 18.5. The third-order valence-corrected chi connectivity index (χ3v) is 5.04. The standard InChI is InChI=1S/C21H25FN2O2/c1-4-12-24(16-8-6-5-7-9-16)14-20-15(2)26-21(23-20)18-11-10-17(25-3)13-19(18)22/h1,10-11,13,16H,5-9,12,14H2,2-3H3. The van der Waals surface area contributed by atoms with E-state index >= 15 is 0 Å². The van der Waals surface area contributed by atoms with Crippen LogP contribution in [0, 0.1) is 25.1 Å². The van der Waals surface area contributed by atoms with Crippen LogP contribution in [0.4, 0.5) is 4.39 Å². The fraction of sp³-hybridized carbons (Fsp3) is 0.476. The topological polar surface area (TPSA) is 38.5 Å². The first-order valence-corrected chi connectivity index (χ1v) is 9.10. The lowest BCUT2D eigenvalue weighted by molar-refractivity contribution is 0.165. The number of benzene rings is 1. The Kier molecular flexibility index (Phi) is 5.95. The molecule has 26 heavy (non-hydrogen) atoms. The lowest BCUT2D eigenvalue weighted by Crippen LogP contribution is -2.36. The van der Waals surface area contributed by atoms with Crippen molar-refractivity contribution in [1.29, 1.82) is 0 Å². The van der Waals surface area contributed by atoms with Crippen LogP contribution >= 0.6 is 0 Å². The zero-order chi connectivity index (χ0) is 18.5. The number of rotatable bonds is 6. The molecule has 0 atom stereocenters. The summed E-state index contributed by atoms with van der Waals surface area (Å²) in [4.78, 5) is 6.85. The van der Waals surface area contributed by atoms with E-state index in [-0.39, 0.29) is 0 Å². The number of hydrogen-bond acceptors (Lipinski definition) is 4. The molecule has 1 aliphatic rings. The molecule has 1 heterocycles. The molecule has 138 valence electrons. The summed E-state index contributed by atoms with van der Waals surface area (Å²) in [5.74, 6) is 3.81. The maximum Gasteiger partial charge on any atom is 0.229 e. The van der Waals surface area contributed by atoms with Crippen molar-refractivity contribution in [3.63, 3.8) is 0 Å². The zero-order valence-electron chi connectivity index (χ0n) is 15.4. The van der Waals surface area contributed by atoms with Gasteiger partial charge in [0.25, 0.3) is 0 Å². The van der Waals surface area contributed by atoms with Crippen molar-refractivity contribution in [3.05, 3.63) is 35.5 Å². The number of hydrogen-bond donors (Lipinski definition) is 0. The van der Waals surface area contributed by atoms with Crippen molar-refractivity contribution in [1.82, 2.24) is 9.88 Å². The molecule has 0 spiro atoms. The van der Waals surface area contributed by atoms with Gasteiger partial charge in [0.1, 0.15) is 17.3 Å². The van der Waals surface area contributed by atoms with Gasteiger partial charge >= 0.3 is 0 Å². The summed E-state index contributed by atoms with van der Waals surface area (Å²) in [6.07, 6.45) is 11.7. The van der Waals surface area contributed by atoms with Crippen LogP contribution in [0.15, 0.2) is 22.6 Å². The number of aryl methyl sites for hydroxylation is 1. The van der Waals surface area contributed by atoms with Crippen LogP contribution in [0.5, 0.6) is 5.75 Å². The van der Waals surface area contributed by atoms with Crippen LogP contribution in [0.2, 0.25) is 0 Å². The summed E-state index contributed by atoms with van der Waals surface area (Å²) in [5, 5.41) is 0. The Morgan fingerprint density at radius 3 is 2.77 bits per heavy atom. The number of ether oxygens (including phenoxy) is 1. The highest BCUT2D eigenvalue weighted by atomic mass is 19.1. The van der Waals surface area contributed by atoms with Gasteiger partial charge in [-0.25, -0.2) is 9.37 Å². The number of halogens is 1. The predicted molar refractivity (Wildman–Crippen MR) is 99.3 cm³/mol. The lowest BCUT2D eigenvalue weighted by Gasteiger charge is -2.32. The molecule has 0 saturated heterocycles. The summed E-state index contributed by atoms with van der Waals surface area (Å²) >= 11 is 0. The fourth-order valence-electron chi connectivity index (χ4n) is 3.56. The van der Waals surface area contributed by atoms with Gasteiger partial charge in [0.2, 0.25) is 5.89 Å². The average molecular weight is 356 g/mol. The molecule has 0 bridgehead atoms. The molecule has 0 unspecified atom stereocenters. The third-order valence-electron chi connectivity index (χ3n) is 5.04. The largest absolute Gasteiger partial charge is 0.497 e. The third kappa shape index (κ3) is 4.08. The van der Waals surface area contributed by atoms with Gasteiger partial charge in [0.15, 0.2) is 0 Å². The maximum atomic E-state index is 14.3. The van der Waals surface area contributed by atoms with Crippen molar-refractivity contribution in [2.24, 2.45) is 0 Å². The Morgan fingerprint density at radius 2 is 2.12 bits per heavy atom. The van der Waals surface area contributed by atoms with Gasteiger partial charge in [-0.1, -0.05) is 25.2 Å². The summed E-state index contributed by atoms with van der Waals surface area (Å²) in [6.45, 7) is 3.08. The summed E-state index contributed by atoms with van der Waals surface area (Å²) in [6, 6.07) is 5.15. The van der Waals surface area contributed by atoms with Gasteiger partial charge in [-0.15, -0.1) is 6.42 Å². The molecule has 5 heteroatoms. The molecule has 2 aromatic rings. The Labute approximate surface area is 154 Å². The molecule has 3 rings (SSSR count). The molecular weight excluding hydrogens is 331 g/mol. The molecule has 1 aliphatic carbocycles. The second kappa shape index (κ2) is 8.37. The van der Waals surface area contributed by atoms with Crippen molar-refractivity contribution < 1.29 is 13.5 Å².